The fraction of sp³-hybridized carbons (Fsp3) is 0.222. The summed E-state index contributed by atoms with van der Waals surface area (Å²) in [5.41, 5.74) is 0. The Balaban J connectivity index is 3.33. The standard InChI is InChI=1S/C9H8BrF2NO4S/c1-13(4-8(14)15)18(16,17)9-6(10)2-5(11)3-7(9)12/h2-3H,4H2,1H3,(H,14,15). The third kappa shape index (κ3) is 3.03. The van der Waals surface area contributed by atoms with Crippen LogP contribution in [0.5, 0.6) is 0 Å². The van der Waals surface area contributed by atoms with Gasteiger partial charge in [-0.2, -0.15) is 4.31 Å². The molecule has 0 aromatic heterocycles. The summed E-state index contributed by atoms with van der Waals surface area (Å²) in [5.74, 6) is -3.63. The summed E-state index contributed by atoms with van der Waals surface area (Å²) in [4.78, 5) is 9.64. The van der Waals surface area contributed by atoms with E-state index in [9.17, 15) is 22.0 Å². The van der Waals surface area contributed by atoms with Crippen LogP contribution in [0, 0.1) is 11.6 Å². The average molecular weight is 344 g/mol. The molecule has 0 heterocycles. The predicted molar refractivity (Wildman–Crippen MR) is 61.5 cm³/mol. The first-order valence-electron chi connectivity index (χ1n) is 4.49. The number of halogens is 3. The van der Waals surface area contributed by atoms with E-state index in [0.29, 0.717) is 10.4 Å². The fourth-order valence-electron chi connectivity index (χ4n) is 1.21. The molecular weight excluding hydrogens is 336 g/mol. The number of carbonyl (C=O) groups is 1. The largest absolute Gasteiger partial charge is 0.480 e. The molecule has 1 rings (SSSR count). The molecule has 0 radical (unpaired) electrons. The second kappa shape index (κ2) is 5.29. The van der Waals surface area contributed by atoms with Crippen LogP contribution in [0.4, 0.5) is 8.78 Å². The molecule has 1 aromatic rings. The van der Waals surface area contributed by atoms with Crippen molar-refractivity contribution in [2.45, 2.75) is 4.90 Å². The van der Waals surface area contributed by atoms with Gasteiger partial charge in [0.15, 0.2) is 0 Å². The topological polar surface area (TPSA) is 74.7 Å². The SMILES string of the molecule is CN(CC(=O)O)S(=O)(=O)c1c(F)cc(F)cc1Br. The van der Waals surface area contributed by atoms with Crippen LogP contribution in [-0.4, -0.2) is 37.4 Å². The van der Waals surface area contributed by atoms with Crippen LogP contribution in [0.3, 0.4) is 0 Å². The predicted octanol–water partition coefficient (Wildman–Crippen LogP) is 1.43. The Hall–Kier alpha value is -1.06. The Morgan fingerprint density at radius 1 is 1.44 bits per heavy atom. The first-order valence-corrected chi connectivity index (χ1v) is 6.72. The number of likely N-dealkylation sites (N-methyl/N-ethyl adjacent to an activating group) is 1. The lowest BCUT2D eigenvalue weighted by Gasteiger charge is -2.16. The van der Waals surface area contributed by atoms with E-state index in [4.69, 9.17) is 5.11 Å². The summed E-state index contributed by atoms with van der Waals surface area (Å²) in [7, 11) is -3.36. The molecule has 1 aromatic carbocycles. The molecule has 9 heteroatoms. The van der Waals surface area contributed by atoms with E-state index < -0.39 is 39.1 Å². The van der Waals surface area contributed by atoms with Crippen LogP contribution < -0.4 is 0 Å². The zero-order valence-corrected chi connectivity index (χ0v) is 11.4. The normalized spacial score (nSPS) is 11.8. The van der Waals surface area contributed by atoms with Gasteiger partial charge in [-0.3, -0.25) is 4.79 Å². The minimum Gasteiger partial charge on any atom is -0.480 e. The van der Waals surface area contributed by atoms with Gasteiger partial charge in [0.25, 0.3) is 0 Å². The van der Waals surface area contributed by atoms with Gasteiger partial charge >= 0.3 is 5.97 Å². The van der Waals surface area contributed by atoms with Crippen LogP contribution in [0.15, 0.2) is 21.5 Å². The summed E-state index contributed by atoms with van der Waals surface area (Å²) in [5, 5.41) is 8.51. The molecule has 0 unspecified atom stereocenters. The smallest absolute Gasteiger partial charge is 0.318 e. The minimum atomic E-state index is -4.35. The third-order valence-electron chi connectivity index (χ3n) is 1.99. The lowest BCUT2D eigenvalue weighted by atomic mass is 10.3. The average Bonchev–Trinajstić information content (AvgIpc) is 2.13. The van der Waals surface area contributed by atoms with E-state index in [0.717, 1.165) is 13.1 Å². The van der Waals surface area contributed by atoms with Gasteiger partial charge in [-0.1, -0.05) is 0 Å². The van der Waals surface area contributed by atoms with E-state index in [1.807, 2.05) is 0 Å². The van der Waals surface area contributed by atoms with E-state index in [1.54, 1.807) is 0 Å². The second-order valence-corrected chi connectivity index (χ2v) is 6.19. The number of benzene rings is 1. The summed E-state index contributed by atoms with van der Waals surface area (Å²) in [6, 6.07) is 1.19. The molecule has 100 valence electrons. The number of carboxylic acid groups (broad SMARTS) is 1. The van der Waals surface area contributed by atoms with Crippen molar-refractivity contribution < 1.29 is 27.1 Å². The first kappa shape index (κ1) is 15.0. The summed E-state index contributed by atoms with van der Waals surface area (Å²) in [6.45, 7) is -0.828. The molecule has 0 aliphatic carbocycles. The van der Waals surface area contributed by atoms with Gasteiger partial charge < -0.3 is 5.11 Å². The maximum atomic E-state index is 13.5. The molecular formula is C9H8BrF2NO4S. The van der Waals surface area contributed by atoms with Crippen molar-refractivity contribution >= 4 is 31.9 Å². The molecule has 5 nitrogen and oxygen atoms in total. The van der Waals surface area contributed by atoms with Gasteiger partial charge in [-0.15, -0.1) is 0 Å². The molecule has 0 aliphatic rings. The highest BCUT2D eigenvalue weighted by Gasteiger charge is 2.29. The first-order chi connectivity index (χ1) is 8.16. The Morgan fingerprint density at radius 3 is 2.44 bits per heavy atom. The fourth-order valence-corrected chi connectivity index (χ4v) is 3.43. The summed E-state index contributed by atoms with van der Waals surface area (Å²) < 4.78 is 50.2. The molecule has 18 heavy (non-hydrogen) atoms. The lowest BCUT2D eigenvalue weighted by Crippen LogP contribution is -2.32. The Kier molecular flexibility index (Phi) is 4.41. The second-order valence-electron chi connectivity index (χ2n) is 3.35. The Morgan fingerprint density at radius 2 is 2.00 bits per heavy atom. The van der Waals surface area contributed by atoms with Gasteiger partial charge in [-0.05, 0) is 22.0 Å². The van der Waals surface area contributed by atoms with Crippen molar-refractivity contribution in [1.29, 1.82) is 0 Å². The zero-order valence-electron chi connectivity index (χ0n) is 9.02. The number of hydrogen-bond acceptors (Lipinski definition) is 3. The molecule has 0 saturated heterocycles. The van der Waals surface area contributed by atoms with E-state index in [-0.39, 0.29) is 4.47 Å². The molecule has 0 spiro atoms. The maximum absolute atomic E-state index is 13.5. The number of nitrogens with zero attached hydrogens (tertiary/aromatic N) is 1. The van der Waals surface area contributed by atoms with Gasteiger partial charge in [0, 0.05) is 17.6 Å². The molecule has 0 amide bonds. The van der Waals surface area contributed by atoms with E-state index in [2.05, 4.69) is 15.9 Å². The van der Waals surface area contributed by atoms with Gasteiger partial charge in [-0.25, -0.2) is 17.2 Å². The van der Waals surface area contributed by atoms with Gasteiger partial charge in [0.05, 0.1) is 0 Å². The van der Waals surface area contributed by atoms with Crippen LogP contribution >= 0.6 is 15.9 Å². The van der Waals surface area contributed by atoms with Crippen LogP contribution in [0.25, 0.3) is 0 Å². The molecule has 0 saturated carbocycles. The monoisotopic (exact) mass is 343 g/mol. The highest BCUT2D eigenvalue weighted by Crippen LogP contribution is 2.28. The summed E-state index contributed by atoms with van der Waals surface area (Å²) >= 11 is 2.74. The van der Waals surface area contributed by atoms with Crippen molar-refractivity contribution in [2.24, 2.45) is 0 Å². The minimum absolute atomic E-state index is 0.308. The van der Waals surface area contributed by atoms with Crippen LogP contribution in [-0.2, 0) is 14.8 Å². The number of rotatable bonds is 4. The highest BCUT2D eigenvalue weighted by atomic mass is 79.9. The summed E-state index contributed by atoms with van der Waals surface area (Å²) in [6.07, 6.45) is 0. The van der Waals surface area contributed by atoms with Gasteiger partial charge in [0.2, 0.25) is 10.0 Å². The van der Waals surface area contributed by atoms with E-state index >= 15 is 0 Å². The van der Waals surface area contributed by atoms with Crippen molar-refractivity contribution in [3.8, 4) is 0 Å². The van der Waals surface area contributed by atoms with Crippen LogP contribution in [0.2, 0.25) is 0 Å². The van der Waals surface area contributed by atoms with Crippen molar-refractivity contribution in [2.75, 3.05) is 13.6 Å². The molecule has 0 bridgehead atoms. The van der Waals surface area contributed by atoms with Crippen LogP contribution in [0.1, 0.15) is 0 Å². The maximum Gasteiger partial charge on any atom is 0.318 e. The number of hydrogen-bond donors (Lipinski definition) is 1. The number of carboxylic acids is 1. The zero-order chi connectivity index (χ0) is 14.1. The highest BCUT2D eigenvalue weighted by molar-refractivity contribution is 9.10. The molecule has 0 atom stereocenters. The number of sulfonamides is 1. The van der Waals surface area contributed by atoms with Crippen molar-refractivity contribution in [3.63, 3.8) is 0 Å². The molecule has 0 fully saturated rings. The number of aliphatic carboxylic acids is 1. The quantitative estimate of drug-likeness (QED) is 0.897. The Labute approximate surface area is 110 Å². The van der Waals surface area contributed by atoms with Crippen molar-refractivity contribution in [1.82, 2.24) is 4.31 Å². The lowest BCUT2D eigenvalue weighted by molar-refractivity contribution is -0.137. The third-order valence-corrected chi connectivity index (χ3v) is 4.76. The van der Waals surface area contributed by atoms with Gasteiger partial charge in [0.1, 0.15) is 23.1 Å². The van der Waals surface area contributed by atoms with E-state index in [1.165, 1.54) is 0 Å². The Bertz CT molecular complexity index is 567. The molecule has 1 N–H and O–H groups in total. The van der Waals surface area contributed by atoms with Crippen molar-refractivity contribution in [3.05, 3.63) is 28.2 Å². The molecule has 0 aliphatic heterocycles.